The van der Waals surface area contributed by atoms with Crippen LogP contribution in [-0.4, -0.2) is 14.5 Å². The van der Waals surface area contributed by atoms with Gasteiger partial charge in [-0.15, -0.1) is 0 Å². The first-order valence-corrected chi connectivity index (χ1v) is 5.31. The molecule has 96 valence electrons. The lowest BCUT2D eigenvalue weighted by atomic mass is 10.1. The minimum atomic E-state index is -0.516. The number of nitrogen functional groups attached to an aromatic ring is 1. The molecule has 0 unspecified atom stereocenters. The number of nitrogens with two attached hydrogens (primary N) is 1. The van der Waals surface area contributed by atoms with Crippen molar-refractivity contribution < 1.29 is 4.92 Å². The third kappa shape index (κ3) is 2.36. The summed E-state index contributed by atoms with van der Waals surface area (Å²) in [4.78, 5) is 14.2. The van der Waals surface area contributed by atoms with Gasteiger partial charge in [0, 0.05) is 24.0 Å². The smallest absolute Gasteiger partial charge is 0.293 e. The van der Waals surface area contributed by atoms with Crippen molar-refractivity contribution in [3.05, 3.63) is 52.1 Å². The summed E-state index contributed by atoms with van der Waals surface area (Å²) in [6.07, 6.45) is 3.11. The number of nitrogens with zero attached hydrogens (tertiary/aromatic N) is 4. The van der Waals surface area contributed by atoms with Gasteiger partial charge in [-0.1, -0.05) is 12.1 Å². The zero-order valence-corrected chi connectivity index (χ0v) is 9.78. The second-order valence-corrected chi connectivity index (χ2v) is 3.70. The number of nitriles is 1. The Morgan fingerprint density at radius 2 is 2.37 bits per heavy atom. The van der Waals surface area contributed by atoms with Gasteiger partial charge in [0.1, 0.15) is 11.8 Å². The van der Waals surface area contributed by atoms with Crippen molar-refractivity contribution in [3.8, 4) is 6.07 Å². The highest BCUT2D eigenvalue weighted by molar-refractivity contribution is 5.65. The number of nitrogens with one attached hydrogen (secondary N) is 1. The molecule has 8 nitrogen and oxygen atoms in total. The molecule has 0 fully saturated rings. The molecular weight excluding hydrogens is 248 g/mol. The van der Waals surface area contributed by atoms with E-state index in [-0.39, 0.29) is 23.7 Å². The lowest BCUT2D eigenvalue weighted by Crippen LogP contribution is -2.13. The molecule has 8 heteroatoms. The van der Waals surface area contributed by atoms with Gasteiger partial charge < -0.3 is 9.99 Å². The van der Waals surface area contributed by atoms with Gasteiger partial charge in [-0.05, 0) is 0 Å². The van der Waals surface area contributed by atoms with E-state index < -0.39 is 4.92 Å². The molecular formula is C11H10N6O2. The lowest BCUT2D eigenvalue weighted by Gasteiger charge is -2.10. The molecule has 0 amide bonds. The Labute approximate surface area is 108 Å². The normalized spacial score (nSPS) is 9.89. The number of anilines is 1. The van der Waals surface area contributed by atoms with Gasteiger partial charge in [0.15, 0.2) is 0 Å². The van der Waals surface area contributed by atoms with E-state index in [1.165, 1.54) is 12.3 Å². The molecule has 0 spiro atoms. The lowest BCUT2D eigenvalue weighted by molar-refractivity contribution is -0.384. The van der Waals surface area contributed by atoms with Crippen LogP contribution in [0.5, 0.6) is 0 Å². The minimum Gasteiger partial charge on any atom is -0.318 e. The average Bonchev–Trinajstić information content (AvgIpc) is 2.85. The molecule has 0 atom stereocenters. The van der Waals surface area contributed by atoms with Crippen molar-refractivity contribution in [2.24, 2.45) is 5.84 Å². The zero-order valence-electron chi connectivity index (χ0n) is 9.78. The van der Waals surface area contributed by atoms with Gasteiger partial charge in [0.25, 0.3) is 5.69 Å². The number of benzene rings is 1. The van der Waals surface area contributed by atoms with Crippen LogP contribution in [0.2, 0.25) is 0 Å². The summed E-state index contributed by atoms with van der Waals surface area (Å²) < 4.78 is 1.58. The maximum Gasteiger partial charge on any atom is 0.293 e. The van der Waals surface area contributed by atoms with Crippen molar-refractivity contribution in [1.29, 1.82) is 5.26 Å². The number of nitro benzene ring substituents is 1. The standard InChI is InChI=1S/C11H10N6O2/c12-6-10-14-4-5-16(10)7-8-2-1-3-9(17(18)19)11(8)15-13/h1-5,15H,7,13H2. The molecule has 2 rings (SSSR count). The van der Waals surface area contributed by atoms with E-state index in [0.717, 1.165) is 0 Å². The van der Waals surface area contributed by atoms with Gasteiger partial charge in [0.2, 0.25) is 5.82 Å². The van der Waals surface area contributed by atoms with E-state index in [1.807, 2.05) is 6.07 Å². The highest BCUT2D eigenvalue weighted by Crippen LogP contribution is 2.28. The van der Waals surface area contributed by atoms with Crippen molar-refractivity contribution in [2.45, 2.75) is 6.54 Å². The maximum atomic E-state index is 10.9. The molecule has 1 heterocycles. The molecule has 0 aliphatic heterocycles. The fourth-order valence-electron chi connectivity index (χ4n) is 1.77. The van der Waals surface area contributed by atoms with E-state index >= 15 is 0 Å². The van der Waals surface area contributed by atoms with Crippen LogP contribution in [0.3, 0.4) is 0 Å². The predicted octanol–water partition coefficient (Wildman–Crippen LogP) is 0.997. The van der Waals surface area contributed by atoms with Crippen LogP contribution in [0.15, 0.2) is 30.6 Å². The first kappa shape index (κ1) is 12.5. The van der Waals surface area contributed by atoms with E-state index in [4.69, 9.17) is 11.1 Å². The summed E-state index contributed by atoms with van der Waals surface area (Å²) in [6, 6.07) is 6.56. The molecule has 2 aromatic rings. The van der Waals surface area contributed by atoms with Crippen molar-refractivity contribution >= 4 is 11.4 Å². The number of hydrogen-bond acceptors (Lipinski definition) is 6. The summed E-state index contributed by atoms with van der Waals surface area (Å²) >= 11 is 0. The van der Waals surface area contributed by atoms with Gasteiger partial charge >= 0.3 is 0 Å². The van der Waals surface area contributed by atoms with Crippen LogP contribution in [-0.2, 0) is 6.54 Å². The minimum absolute atomic E-state index is 0.112. The Bertz CT molecular complexity index is 657. The summed E-state index contributed by atoms with van der Waals surface area (Å²) in [7, 11) is 0. The van der Waals surface area contributed by atoms with Crippen LogP contribution < -0.4 is 11.3 Å². The first-order valence-electron chi connectivity index (χ1n) is 5.31. The van der Waals surface area contributed by atoms with Crippen LogP contribution >= 0.6 is 0 Å². The fourth-order valence-corrected chi connectivity index (χ4v) is 1.77. The number of imidazole rings is 1. The van der Waals surface area contributed by atoms with E-state index in [9.17, 15) is 10.1 Å². The van der Waals surface area contributed by atoms with Crippen molar-refractivity contribution in [2.75, 3.05) is 5.43 Å². The zero-order chi connectivity index (χ0) is 13.8. The number of para-hydroxylation sites is 1. The predicted molar refractivity (Wildman–Crippen MR) is 67.0 cm³/mol. The molecule has 0 aliphatic carbocycles. The largest absolute Gasteiger partial charge is 0.318 e. The highest BCUT2D eigenvalue weighted by atomic mass is 16.6. The molecule has 0 aliphatic rings. The van der Waals surface area contributed by atoms with Crippen molar-refractivity contribution in [3.63, 3.8) is 0 Å². The molecule has 1 aromatic heterocycles. The van der Waals surface area contributed by atoms with Crippen LogP contribution in [0, 0.1) is 21.4 Å². The second kappa shape index (κ2) is 5.16. The average molecular weight is 258 g/mol. The Morgan fingerprint density at radius 3 is 3.00 bits per heavy atom. The summed E-state index contributed by atoms with van der Waals surface area (Å²) in [5, 5.41) is 19.8. The second-order valence-electron chi connectivity index (χ2n) is 3.70. The van der Waals surface area contributed by atoms with Crippen LogP contribution in [0.1, 0.15) is 11.4 Å². The Kier molecular flexibility index (Phi) is 3.40. The summed E-state index contributed by atoms with van der Waals surface area (Å²) in [5.74, 6) is 5.58. The molecule has 0 saturated carbocycles. The number of hydrazine groups is 1. The molecule has 0 saturated heterocycles. The molecule has 0 radical (unpaired) electrons. The SMILES string of the molecule is N#Cc1nccn1Cc1cccc([N+](=O)[O-])c1NN. The van der Waals surface area contributed by atoms with Crippen LogP contribution in [0.25, 0.3) is 0 Å². The van der Waals surface area contributed by atoms with Gasteiger partial charge in [0.05, 0.1) is 11.5 Å². The van der Waals surface area contributed by atoms with Crippen molar-refractivity contribution in [1.82, 2.24) is 9.55 Å². The van der Waals surface area contributed by atoms with E-state index in [0.29, 0.717) is 5.56 Å². The third-order valence-electron chi connectivity index (χ3n) is 2.63. The third-order valence-corrected chi connectivity index (χ3v) is 2.63. The Balaban J connectivity index is 2.44. The van der Waals surface area contributed by atoms with Gasteiger partial charge in [-0.3, -0.25) is 16.0 Å². The van der Waals surface area contributed by atoms with Gasteiger partial charge in [-0.2, -0.15) is 5.26 Å². The fraction of sp³-hybridized carbons (Fsp3) is 0.0909. The quantitative estimate of drug-likeness (QED) is 0.479. The molecule has 3 N–H and O–H groups in total. The first-order chi connectivity index (χ1) is 9.17. The number of aromatic nitrogens is 2. The van der Waals surface area contributed by atoms with E-state index in [2.05, 4.69) is 10.4 Å². The van der Waals surface area contributed by atoms with Gasteiger partial charge in [-0.25, -0.2) is 4.98 Å². The Hall–Kier alpha value is -2.92. The number of rotatable bonds is 4. The monoisotopic (exact) mass is 258 g/mol. The number of hydrogen-bond donors (Lipinski definition) is 2. The topological polar surface area (TPSA) is 123 Å². The number of nitro groups is 1. The maximum absolute atomic E-state index is 10.9. The Morgan fingerprint density at radius 1 is 1.58 bits per heavy atom. The van der Waals surface area contributed by atoms with Crippen LogP contribution in [0.4, 0.5) is 11.4 Å². The summed E-state index contributed by atoms with van der Waals surface area (Å²) in [5.41, 5.74) is 3.05. The molecule has 19 heavy (non-hydrogen) atoms. The summed E-state index contributed by atoms with van der Waals surface area (Å²) in [6.45, 7) is 0.268. The van der Waals surface area contributed by atoms with E-state index in [1.54, 1.807) is 22.9 Å². The molecule has 0 bridgehead atoms. The molecule has 1 aromatic carbocycles. The highest BCUT2D eigenvalue weighted by Gasteiger charge is 2.17.